The molecule has 3 heterocycles. The molecule has 7 rings (SSSR count). The fourth-order valence-corrected chi connectivity index (χ4v) is 6.27. The van der Waals surface area contributed by atoms with Crippen molar-refractivity contribution in [2.75, 3.05) is 0 Å². The van der Waals surface area contributed by atoms with Gasteiger partial charge in [0.15, 0.2) is 5.65 Å². The third-order valence-electron chi connectivity index (χ3n) is 8.42. The van der Waals surface area contributed by atoms with Gasteiger partial charge in [-0.3, -0.25) is 4.40 Å². The standard InChI is InChI=1S/C32H33N5O/c1-30(2,3)29-36-35-27-16-15-25-26(37(27)29)17-24(20-7-5-4-6-8-20)28(34-25)21-9-11-22(12-10-21)31(33)18-32(38,19-31)23-13-14-23/h4-12,15-17,23,38H,13-14,18-19,33H2,1-3H3. The molecule has 2 aromatic carbocycles. The number of aliphatic hydroxyl groups is 1. The minimum absolute atomic E-state index is 0.166. The largest absolute Gasteiger partial charge is 0.389 e. The molecule has 3 N–H and O–H groups in total. The van der Waals surface area contributed by atoms with Crippen molar-refractivity contribution in [2.45, 2.75) is 63.0 Å². The average Bonchev–Trinajstić information content (AvgIpc) is 3.65. The van der Waals surface area contributed by atoms with Crippen LogP contribution in [0.15, 0.2) is 72.8 Å². The zero-order chi connectivity index (χ0) is 26.3. The van der Waals surface area contributed by atoms with E-state index in [1.807, 2.05) is 18.2 Å². The summed E-state index contributed by atoms with van der Waals surface area (Å²) in [7, 11) is 0. The smallest absolute Gasteiger partial charge is 0.161 e. The molecule has 2 aliphatic carbocycles. The molecule has 0 amide bonds. The maximum Gasteiger partial charge on any atom is 0.161 e. The normalized spacial score (nSPS) is 23.6. The molecule has 5 aromatic rings. The zero-order valence-electron chi connectivity index (χ0n) is 22.1. The van der Waals surface area contributed by atoms with E-state index < -0.39 is 11.1 Å². The summed E-state index contributed by atoms with van der Waals surface area (Å²) in [5, 5.41) is 19.8. The Bertz CT molecular complexity index is 1670. The van der Waals surface area contributed by atoms with Gasteiger partial charge in [-0.25, -0.2) is 4.98 Å². The van der Waals surface area contributed by atoms with E-state index in [2.05, 4.69) is 90.0 Å². The van der Waals surface area contributed by atoms with Crippen LogP contribution in [0.25, 0.3) is 39.1 Å². The van der Waals surface area contributed by atoms with E-state index in [4.69, 9.17) is 10.7 Å². The number of rotatable bonds is 4. The van der Waals surface area contributed by atoms with Crippen LogP contribution in [0.2, 0.25) is 0 Å². The molecular formula is C32H33N5O. The predicted molar refractivity (Wildman–Crippen MR) is 151 cm³/mol. The Morgan fingerprint density at radius 3 is 2.26 bits per heavy atom. The van der Waals surface area contributed by atoms with Crippen LogP contribution in [0.5, 0.6) is 0 Å². The minimum atomic E-state index is -0.576. The van der Waals surface area contributed by atoms with E-state index in [0.717, 1.165) is 63.3 Å². The number of pyridine rings is 2. The molecule has 0 bridgehead atoms. The Balaban J connectivity index is 1.36. The summed E-state index contributed by atoms with van der Waals surface area (Å²) in [6.07, 6.45) is 3.53. The van der Waals surface area contributed by atoms with Crippen molar-refractivity contribution in [1.29, 1.82) is 0 Å². The van der Waals surface area contributed by atoms with E-state index >= 15 is 0 Å². The monoisotopic (exact) mass is 503 g/mol. The molecule has 0 atom stereocenters. The molecule has 38 heavy (non-hydrogen) atoms. The third-order valence-corrected chi connectivity index (χ3v) is 8.42. The lowest BCUT2D eigenvalue weighted by Gasteiger charge is -2.52. The fourth-order valence-electron chi connectivity index (χ4n) is 6.27. The van der Waals surface area contributed by atoms with Crippen LogP contribution in [-0.2, 0) is 11.0 Å². The van der Waals surface area contributed by atoms with Crippen molar-refractivity contribution < 1.29 is 5.11 Å². The van der Waals surface area contributed by atoms with Gasteiger partial charge in [0.1, 0.15) is 5.82 Å². The second-order valence-electron chi connectivity index (χ2n) is 12.4. The van der Waals surface area contributed by atoms with Crippen LogP contribution in [0.4, 0.5) is 0 Å². The van der Waals surface area contributed by atoms with Crippen molar-refractivity contribution in [3.63, 3.8) is 0 Å². The van der Waals surface area contributed by atoms with E-state index in [0.29, 0.717) is 18.8 Å². The minimum Gasteiger partial charge on any atom is -0.389 e. The summed E-state index contributed by atoms with van der Waals surface area (Å²) in [6, 6.07) is 25.1. The number of nitrogens with zero attached hydrogens (tertiary/aromatic N) is 4. The summed E-state index contributed by atoms with van der Waals surface area (Å²) < 4.78 is 2.14. The van der Waals surface area contributed by atoms with Crippen LogP contribution < -0.4 is 5.73 Å². The van der Waals surface area contributed by atoms with Crippen molar-refractivity contribution in [1.82, 2.24) is 19.6 Å². The van der Waals surface area contributed by atoms with Crippen molar-refractivity contribution in [3.05, 3.63) is 84.2 Å². The van der Waals surface area contributed by atoms with Gasteiger partial charge in [0.2, 0.25) is 0 Å². The SMILES string of the molecule is CC(C)(C)c1nnc2ccc3nc(-c4ccc(C5(N)CC(O)(C6CC6)C5)cc4)c(-c4ccccc4)cc3n12. The van der Waals surface area contributed by atoms with Gasteiger partial charge in [-0.1, -0.05) is 75.4 Å². The Hall–Kier alpha value is -3.61. The van der Waals surface area contributed by atoms with Gasteiger partial charge in [-0.2, -0.15) is 0 Å². The quantitative estimate of drug-likeness (QED) is 0.314. The van der Waals surface area contributed by atoms with Crippen LogP contribution in [-0.4, -0.2) is 30.3 Å². The number of benzene rings is 2. The summed E-state index contributed by atoms with van der Waals surface area (Å²) in [5.41, 5.74) is 13.5. The molecule has 2 aliphatic rings. The number of hydrogen-bond donors (Lipinski definition) is 2. The predicted octanol–water partition coefficient (Wildman–Crippen LogP) is 6.00. The van der Waals surface area contributed by atoms with Crippen molar-refractivity contribution in [2.24, 2.45) is 11.7 Å². The molecule has 0 unspecified atom stereocenters. The molecule has 6 heteroatoms. The molecule has 0 spiro atoms. The third kappa shape index (κ3) is 3.66. The Kier molecular flexibility index (Phi) is 4.92. The van der Waals surface area contributed by atoms with Crippen LogP contribution >= 0.6 is 0 Å². The molecule has 192 valence electrons. The Labute approximate surface area is 222 Å². The first kappa shape index (κ1) is 23.5. The Morgan fingerprint density at radius 2 is 1.61 bits per heavy atom. The molecule has 2 saturated carbocycles. The zero-order valence-corrected chi connectivity index (χ0v) is 22.1. The van der Waals surface area contributed by atoms with Gasteiger partial charge >= 0.3 is 0 Å². The van der Waals surface area contributed by atoms with Crippen LogP contribution in [0, 0.1) is 5.92 Å². The van der Waals surface area contributed by atoms with Crippen LogP contribution in [0.3, 0.4) is 0 Å². The summed E-state index contributed by atoms with van der Waals surface area (Å²) in [6.45, 7) is 6.46. The highest BCUT2D eigenvalue weighted by molar-refractivity contribution is 5.91. The molecule has 0 aliphatic heterocycles. The topological polar surface area (TPSA) is 89.3 Å². The van der Waals surface area contributed by atoms with Gasteiger partial charge in [0.25, 0.3) is 0 Å². The maximum absolute atomic E-state index is 10.9. The lowest BCUT2D eigenvalue weighted by molar-refractivity contribution is -0.106. The molecule has 2 fully saturated rings. The second-order valence-corrected chi connectivity index (χ2v) is 12.4. The highest BCUT2D eigenvalue weighted by atomic mass is 16.3. The highest BCUT2D eigenvalue weighted by Crippen LogP contribution is 2.57. The fraction of sp³-hybridized carbons (Fsp3) is 0.344. The van der Waals surface area contributed by atoms with Crippen LogP contribution in [0.1, 0.15) is 57.8 Å². The molecular weight excluding hydrogens is 470 g/mol. The number of fused-ring (bicyclic) bond motifs is 3. The van der Waals surface area contributed by atoms with E-state index in [1.165, 1.54) is 0 Å². The first-order chi connectivity index (χ1) is 18.1. The second kappa shape index (κ2) is 7.95. The lowest BCUT2D eigenvalue weighted by Crippen LogP contribution is -2.60. The summed E-state index contributed by atoms with van der Waals surface area (Å²) in [5.74, 6) is 1.35. The number of aromatic nitrogens is 4. The summed E-state index contributed by atoms with van der Waals surface area (Å²) in [4.78, 5) is 5.21. The van der Waals surface area contributed by atoms with Crippen molar-refractivity contribution >= 4 is 16.7 Å². The van der Waals surface area contributed by atoms with Gasteiger partial charge in [-0.05, 0) is 60.9 Å². The first-order valence-corrected chi connectivity index (χ1v) is 13.5. The lowest BCUT2D eigenvalue weighted by atomic mass is 9.60. The van der Waals surface area contributed by atoms with Gasteiger partial charge < -0.3 is 10.8 Å². The number of hydrogen-bond acceptors (Lipinski definition) is 5. The molecule has 6 nitrogen and oxygen atoms in total. The highest BCUT2D eigenvalue weighted by Gasteiger charge is 2.58. The van der Waals surface area contributed by atoms with E-state index in [1.54, 1.807) is 0 Å². The van der Waals surface area contributed by atoms with E-state index in [-0.39, 0.29) is 5.41 Å². The number of nitrogens with two attached hydrogens (primary N) is 1. The molecule has 0 saturated heterocycles. The van der Waals surface area contributed by atoms with E-state index in [9.17, 15) is 5.11 Å². The van der Waals surface area contributed by atoms with Gasteiger partial charge in [-0.15, -0.1) is 10.2 Å². The summed E-state index contributed by atoms with van der Waals surface area (Å²) >= 11 is 0. The Morgan fingerprint density at radius 1 is 0.895 bits per heavy atom. The van der Waals surface area contributed by atoms with Crippen molar-refractivity contribution in [3.8, 4) is 22.4 Å². The first-order valence-electron chi connectivity index (χ1n) is 13.5. The molecule has 3 aromatic heterocycles. The maximum atomic E-state index is 10.9. The average molecular weight is 504 g/mol. The molecule has 0 radical (unpaired) electrons. The van der Waals surface area contributed by atoms with Gasteiger partial charge in [0, 0.05) is 22.1 Å². The van der Waals surface area contributed by atoms with Gasteiger partial charge in [0.05, 0.1) is 22.3 Å².